The van der Waals surface area contributed by atoms with Gasteiger partial charge in [-0.15, -0.1) is 0 Å². The van der Waals surface area contributed by atoms with Crippen molar-refractivity contribution < 1.29 is 0 Å². The number of fused-ring (bicyclic) bond motifs is 1. The summed E-state index contributed by atoms with van der Waals surface area (Å²) < 4.78 is 0. The number of aromatic amines is 1. The van der Waals surface area contributed by atoms with Crippen molar-refractivity contribution in [3.63, 3.8) is 0 Å². The van der Waals surface area contributed by atoms with Crippen molar-refractivity contribution in [1.29, 1.82) is 0 Å². The fourth-order valence-electron chi connectivity index (χ4n) is 1.46. The van der Waals surface area contributed by atoms with Crippen molar-refractivity contribution in [2.75, 3.05) is 5.75 Å². The molecule has 0 fully saturated rings. The topological polar surface area (TPSA) is 45.8 Å². The predicted molar refractivity (Wildman–Crippen MR) is 49.5 cm³/mol. The molecule has 1 aliphatic heterocycles. The monoisotopic (exact) mass is 182 g/mol. The second-order valence-electron chi connectivity index (χ2n) is 2.89. The maximum absolute atomic E-state index is 11.0. The third-order valence-electron chi connectivity index (χ3n) is 2.07. The lowest BCUT2D eigenvalue weighted by molar-refractivity contribution is 0.901. The van der Waals surface area contributed by atoms with Gasteiger partial charge in [0, 0.05) is 11.4 Å². The number of aromatic nitrogens is 2. The Hall–Kier alpha value is -0.770. The molecule has 0 unspecified atom stereocenters. The molecule has 4 heteroatoms. The van der Waals surface area contributed by atoms with Crippen molar-refractivity contribution in [1.82, 2.24) is 9.97 Å². The third-order valence-corrected chi connectivity index (χ3v) is 3.04. The van der Waals surface area contributed by atoms with E-state index in [0.717, 1.165) is 29.3 Å². The first kappa shape index (κ1) is 7.86. The average Bonchev–Trinajstić information content (AvgIpc) is 2.04. The molecule has 0 spiro atoms. The van der Waals surface area contributed by atoms with Crippen LogP contribution in [0.3, 0.4) is 0 Å². The standard InChI is InChI=1S/C8H10N2OS/c1-5-6-2-3-12-4-7(6)10-8(11)9-5/h2-4H2,1H3,(H,9,10,11). The zero-order chi connectivity index (χ0) is 8.55. The molecule has 0 atom stereocenters. The van der Waals surface area contributed by atoms with Gasteiger partial charge in [0.15, 0.2) is 0 Å². The molecule has 3 nitrogen and oxygen atoms in total. The van der Waals surface area contributed by atoms with E-state index in [2.05, 4.69) is 9.97 Å². The highest BCUT2D eigenvalue weighted by Gasteiger charge is 2.13. The van der Waals surface area contributed by atoms with Crippen molar-refractivity contribution in [2.24, 2.45) is 0 Å². The number of nitrogens with one attached hydrogen (secondary N) is 1. The highest BCUT2D eigenvalue weighted by atomic mass is 32.2. The van der Waals surface area contributed by atoms with Gasteiger partial charge < -0.3 is 4.98 Å². The second kappa shape index (κ2) is 2.94. The minimum atomic E-state index is -0.214. The van der Waals surface area contributed by atoms with E-state index in [1.54, 1.807) is 0 Å². The lowest BCUT2D eigenvalue weighted by Crippen LogP contribution is -2.19. The van der Waals surface area contributed by atoms with Crippen LogP contribution < -0.4 is 5.69 Å². The van der Waals surface area contributed by atoms with Crippen molar-refractivity contribution in [3.8, 4) is 0 Å². The van der Waals surface area contributed by atoms with Gasteiger partial charge >= 0.3 is 5.69 Å². The first-order chi connectivity index (χ1) is 5.77. The Labute approximate surface area is 74.6 Å². The van der Waals surface area contributed by atoms with Gasteiger partial charge in [-0.3, -0.25) is 0 Å². The summed E-state index contributed by atoms with van der Waals surface area (Å²) in [7, 11) is 0. The minimum absolute atomic E-state index is 0.214. The van der Waals surface area contributed by atoms with Crippen LogP contribution >= 0.6 is 11.8 Å². The summed E-state index contributed by atoms with van der Waals surface area (Å²) in [6.07, 6.45) is 1.04. The van der Waals surface area contributed by atoms with E-state index in [9.17, 15) is 4.79 Å². The average molecular weight is 182 g/mol. The summed E-state index contributed by atoms with van der Waals surface area (Å²) >= 11 is 1.84. The van der Waals surface area contributed by atoms with Crippen LogP contribution in [0.4, 0.5) is 0 Å². The Morgan fingerprint density at radius 2 is 2.42 bits per heavy atom. The number of hydrogen-bond donors (Lipinski definition) is 1. The quantitative estimate of drug-likeness (QED) is 0.647. The Bertz CT molecular complexity index is 359. The molecule has 2 heterocycles. The zero-order valence-electron chi connectivity index (χ0n) is 6.89. The third kappa shape index (κ3) is 1.27. The minimum Gasteiger partial charge on any atom is -0.310 e. The molecular formula is C8H10N2OS. The van der Waals surface area contributed by atoms with Gasteiger partial charge in [-0.1, -0.05) is 0 Å². The van der Waals surface area contributed by atoms with E-state index < -0.39 is 0 Å². The van der Waals surface area contributed by atoms with Gasteiger partial charge in [0.25, 0.3) is 0 Å². The van der Waals surface area contributed by atoms with Crippen LogP contribution in [0.2, 0.25) is 0 Å². The normalized spacial score (nSPS) is 15.8. The van der Waals surface area contributed by atoms with E-state index >= 15 is 0 Å². The van der Waals surface area contributed by atoms with Gasteiger partial charge in [0.2, 0.25) is 0 Å². The number of rotatable bonds is 0. The van der Waals surface area contributed by atoms with E-state index in [4.69, 9.17) is 0 Å². The SMILES string of the molecule is Cc1[nH]c(=O)nc2c1CCSC2. The summed E-state index contributed by atoms with van der Waals surface area (Å²) in [4.78, 5) is 17.7. The molecule has 0 saturated carbocycles. The fourth-order valence-corrected chi connectivity index (χ4v) is 2.39. The molecule has 0 saturated heterocycles. The molecule has 0 amide bonds. The van der Waals surface area contributed by atoms with Gasteiger partial charge in [-0.05, 0) is 24.7 Å². The number of hydrogen-bond acceptors (Lipinski definition) is 3. The maximum Gasteiger partial charge on any atom is 0.345 e. The lowest BCUT2D eigenvalue weighted by atomic mass is 10.1. The number of H-pyrrole nitrogens is 1. The largest absolute Gasteiger partial charge is 0.345 e. The van der Waals surface area contributed by atoms with Crippen molar-refractivity contribution in [2.45, 2.75) is 19.1 Å². The smallest absolute Gasteiger partial charge is 0.310 e. The van der Waals surface area contributed by atoms with E-state index in [1.807, 2.05) is 18.7 Å². The number of nitrogens with zero attached hydrogens (tertiary/aromatic N) is 1. The molecule has 0 bridgehead atoms. The van der Waals surface area contributed by atoms with Crippen LogP contribution in [0, 0.1) is 6.92 Å². The molecule has 0 aromatic carbocycles. The van der Waals surface area contributed by atoms with E-state index in [1.165, 1.54) is 5.56 Å². The molecule has 1 N–H and O–H groups in total. The molecule has 0 radical (unpaired) electrons. The Kier molecular flexibility index (Phi) is 1.92. The van der Waals surface area contributed by atoms with Crippen LogP contribution in [0.1, 0.15) is 17.0 Å². The van der Waals surface area contributed by atoms with Crippen LogP contribution in [0.5, 0.6) is 0 Å². The van der Waals surface area contributed by atoms with Crippen LogP contribution in [-0.2, 0) is 12.2 Å². The van der Waals surface area contributed by atoms with Gasteiger partial charge in [-0.25, -0.2) is 4.79 Å². The summed E-state index contributed by atoms with van der Waals surface area (Å²) in [5.41, 5.74) is 3.00. The molecular weight excluding hydrogens is 172 g/mol. The Morgan fingerprint density at radius 1 is 1.58 bits per heavy atom. The second-order valence-corrected chi connectivity index (χ2v) is 4.00. The summed E-state index contributed by atoms with van der Waals surface area (Å²) in [6, 6.07) is 0. The van der Waals surface area contributed by atoms with Gasteiger partial charge in [0.05, 0.1) is 5.69 Å². The van der Waals surface area contributed by atoms with Crippen LogP contribution in [0.15, 0.2) is 4.79 Å². The molecule has 0 aliphatic carbocycles. The van der Waals surface area contributed by atoms with Crippen LogP contribution in [-0.4, -0.2) is 15.7 Å². The molecule has 1 aliphatic rings. The lowest BCUT2D eigenvalue weighted by Gasteiger charge is -2.14. The first-order valence-electron chi connectivity index (χ1n) is 3.94. The molecule has 1 aromatic rings. The van der Waals surface area contributed by atoms with Crippen molar-refractivity contribution in [3.05, 3.63) is 27.4 Å². The molecule has 64 valence electrons. The Morgan fingerprint density at radius 3 is 3.25 bits per heavy atom. The van der Waals surface area contributed by atoms with Crippen molar-refractivity contribution >= 4 is 11.8 Å². The number of thioether (sulfide) groups is 1. The zero-order valence-corrected chi connectivity index (χ0v) is 7.70. The highest BCUT2D eigenvalue weighted by molar-refractivity contribution is 7.98. The van der Waals surface area contributed by atoms with E-state index in [0.29, 0.717) is 0 Å². The first-order valence-corrected chi connectivity index (χ1v) is 5.09. The molecule has 1 aromatic heterocycles. The van der Waals surface area contributed by atoms with Gasteiger partial charge in [0.1, 0.15) is 0 Å². The fraction of sp³-hybridized carbons (Fsp3) is 0.500. The summed E-state index contributed by atoms with van der Waals surface area (Å²) in [5, 5.41) is 0. The summed E-state index contributed by atoms with van der Waals surface area (Å²) in [6.45, 7) is 1.94. The Balaban J connectivity index is 2.60. The number of aryl methyl sites for hydroxylation is 1. The van der Waals surface area contributed by atoms with Crippen LogP contribution in [0.25, 0.3) is 0 Å². The molecule has 2 rings (SSSR count). The predicted octanol–water partition coefficient (Wildman–Crippen LogP) is 0.868. The van der Waals surface area contributed by atoms with Gasteiger partial charge in [-0.2, -0.15) is 16.7 Å². The summed E-state index contributed by atoms with van der Waals surface area (Å²) in [5.74, 6) is 2.03. The highest BCUT2D eigenvalue weighted by Crippen LogP contribution is 2.22. The van der Waals surface area contributed by atoms with E-state index in [-0.39, 0.29) is 5.69 Å². The maximum atomic E-state index is 11.0. The molecule has 12 heavy (non-hydrogen) atoms.